The Morgan fingerprint density at radius 3 is 1.95 bits per heavy atom. The van der Waals surface area contributed by atoms with Crippen molar-refractivity contribution in [1.29, 1.82) is 0 Å². The van der Waals surface area contributed by atoms with E-state index in [9.17, 15) is 4.79 Å². The molecule has 3 aromatic rings. The summed E-state index contributed by atoms with van der Waals surface area (Å²) in [7, 11) is 0. The number of amides is 1. The van der Waals surface area contributed by atoms with Crippen molar-refractivity contribution in [3.05, 3.63) is 108 Å². The van der Waals surface area contributed by atoms with Crippen molar-refractivity contribution >= 4 is 6.09 Å². The van der Waals surface area contributed by atoms with Crippen LogP contribution < -0.4 is 0 Å². The van der Waals surface area contributed by atoms with Gasteiger partial charge in [0.05, 0.1) is 24.8 Å². The first-order valence-corrected chi connectivity index (χ1v) is 13.7. The van der Waals surface area contributed by atoms with E-state index < -0.39 is 11.3 Å². The molecule has 0 saturated carbocycles. The van der Waals surface area contributed by atoms with E-state index in [-0.39, 0.29) is 12.1 Å². The molecule has 0 spiro atoms. The molecule has 1 aliphatic rings. The van der Waals surface area contributed by atoms with E-state index >= 15 is 0 Å². The first-order chi connectivity index (χ1) is 18.7. The molecule has 0 aliphatic carbocycles. The van der Waals surface area contributed by atoms with E-state index in [1.165, 1.54) is 11.1 Å². The van der Waals surface area contributed by atoms with Gasteiger partial charge in [-0.2, -0.15) is 0 Å². The highest BCUT2D eigenvalue weighted by molar-refractivity contribution is 5.70. The molecule has 1 fully saturated rings. The van der Waals surface area contributed by atoms with Gasteiger partial charge in [-0.05, 0) is 63.8 Å². The number of rotatable bonds is 9. The first kappa shape index (κ1) is 28.4. The summed E-state index contributed by atoms with van der Waals surface area (Å²) < 4.78 is 11.6. The average molecular weight is 525 g/mol. The average Bonchev–Trinajstić information content (AvgIpc) is 3.16. The fourth-order valence-electron chi connectivity index (χ4n) is 5.13. The van der Waals surface area contributed by atoms with Crippen LogP contribution in [-0.4, -0.2) is 46.4 Å². The fraction of sp³-hybridized carbons (Fsp3) is 0.382. The normalized spacial score (nSPS) is 16.4. The summed E-state index contributed by atoms with van der Waals surface area (Å²) in [5, 5.41) is 0. The zero-order valence-corrected chi connectivity index (χ0v) is 23.6. The lowest BCUT2D eigenvalue weighted by Crippen LogP contribution is -2.52. The predicted octanol–water partition coefficient (Wildman–Crippen LogP) is 6.87. The minimum Gasteiger partial charge on any atom is -0.449 e. The Kier molecular flexibility index (Phi) is 9.45. The van der Waals surface area contributed by atoms with Crippen LogP contribution in [0.4, 0.5) is 4.79 Å². The van der Waals surface area contributed by atoms with Crippen LogP contribution in [0.1, 0.15) is 57.2 Å². The summed E-state index contributed by atoms with van der Waals surface area (Å²) in [5.41, 5.74) is 2.38. The topological polar surface area (TPSA) is 42.0 Å². The molecule has 39 heavy (non-hydrogen) atoms. The van der Waals surface area contributed by atoms with Crippen LogP contribution in [0.3, 0.4) is 0 Å². The Morgan fingerprint density at radius 1 is 0.897 bits per heavy atom. The number of nitrogens with zero attached hydrogens (tertiary/aromatic N) is 2. The van der Waals surface area contributed by atoms with Crippen LogP contribution in [-0.2, 0) is 22.6 Å². The zero-order chi connectivity index (χ0) is 27.7. The second kappa shape index (κ2) is 13.0. The molecule has 1 aliphatic heterocycles. The number of benzene rings is 3. The second-order valence-corrected chi connectivity index (χ2v) is 11.2. The van der Waals surface area contributed by atoms with Gasteiger partial charge in [-0.25, -0.2) is 4.79 Å². The number of carbonyl (C=O) groups is 1. The molecule has 5 heteroatoms. The van der Waals surface area contributed by atoms with Gasteiger partial charge < -0.3 is 9.47 Å². The van der Waals surface area contributed by atoms with E-state index in [4.69, 9.17) is 9.47 Å². The van der Waals surface area contributed by atoms with E-state index in [1.54, 1.807) is 4.90 Å². The van der Waals surface area contributed by atoms with Crippen LogP contribution in [0.2, 0.25) is 0 Å². The van der Waals surface area contributed by atoms with Gasteiger partial charge in [-0.1, -0.05) is 90.7 Å². The lowest BCUT2D eigenvalue weighted by atomic mass is 10.0. The summed E-state index contributed by atoms with van der Waals surface area (Å²) in [6, 6.07) is 31.1. The lowest BCUT2D eigenvalue weighted by molar-refractivity contribution is -0.0520. The van der Waals surface area contributed by atoms with Gasteiger partial charge in [-0.3, -0.25) is 9.80 Å². The molecule has 0 aromatic heterocycles. The fourth-order valence-corrected chi connectivity index (χ4v) is 5.13. The summed E-state index contributed by atoms with van der Waals surface area (Å²) in [6.07, 6.45) is 1.14. The van der Waals surface area contributed by atoms with Gasteiger partial charge in [0.2, 0.25) is 0 Å². The molecule has 1 saturated heterocycles. The van der Waals surface area contributed by atoms with Gasteiger partial charge >= 0.3 is 6.09 Å². The van der Waals surface area contributed by atoms with Crippen molar-refractivity contribution in [2.45, 2.75) is 70.9 Å². The molecule has 0 unspecified atom stereocenters. The number of hydrogen-bond acceptors (Lipinski definition) is 4. The maximum Gasteiger partial charge on any atom is 0.412 e. The highest BCUT2D eigenvalue weighted by atomic mass is 16.6. The van der Waals surface area contributed by atoms with Crippen LogP contribution in [0.25, 0.3) is 0 Å². The van der Waals surface area contributed by atoms with Gasteiger partial charge in [-0.15, -0.1) is 0 Å². The van der Waals surface area contributed by atoms with Crippen molar-refractivity contribution in [3.63, 3.8) is 0 Å². The highest BCUT2D eigenvalue weighted by Gasteiger charge is 2.49. The molecule has 1 amide bonds. The third-order valence-electron chi connectivity index (χ3n) is 7.01. The lowest BCUT2D eigenvalue weighted by Gasteiger charge is -2.36. The van der Waals surface area contributed by atoms with Crippen LogP contribution >= 0.6 is 0 Å². The monoisotopic (exact) mass is 524 g/mol. The van der Waals surface area contributed by atoms with E-state index in [0.717, 1.165) is 25.1 Å². The van der Waals surface area contributed by atoms with Crippen molar-refractivity contribution in [1.82, 2.24) is 9.80 Å². The highest BCUT2D eigenvalue weighted by Crippen LogP contribution is 2.35. The molecule has 3 aromatic carbocycles. The minimum absolute atomic E-state index is 0.0210. The second-order valence-electron chi connectivity index (χ2n) is 11.2. The standard InChI is InChI=1S/C34H40N2O3/c1-33(2)27-39-34(3,4)36(33)32(37)38-24-14-21-31(23-22-28-15-8-5-9-16-28)35(25-29-17-10-6-11-18-29)26-30-19-12-7-13-20-30/h5-13,15-20,31H,14,21,24-27H2,1-4H3/t31-/m0/s1. The number of hydrogen-bond donors (Lipinski definition) is 0. The van der Waals surface area contributed by atoms with Gasteiger partial charge in [0.25, 0.3) is 0 Å². The number of carbonyl (C=O) groups excluding carboxylic acids is 1. The molecule has 1 atom stereocenters. The maximum absolute atomic E-state index is 13.0. The van der Waals surface area contributed by atoms with Gasteiger partial charge in [0.15, 0.2) is 0 Å². The van der Waals surface area contributed by atoms with Crippen molar-refractivity contribution in [2.24, 2.45) is 0 Å². The van der Waals surface area contributed by atoms with E-state index in [2.05, 4.69) is 65.3 Å². The summed E-state index contributed by atoms with van der Waals surface area (Å²) in [5.74, 6) is 6.94. The molecular formula is C34H40N2O3. The zero-order valence-electron chi connectivity index (χ0n) is 23.6. The van der Waals surface area contributed by atoms with E-state index in [0.29, 0.717) is 19.6 Å². The number of ether oxygens (including phenoxy) is 2. The van der Waals surface area contributed by atoms with Crippen LogP contribution in [0.5, 0.6) is 0 Å². The molecule has 0 N–H and O–H groups in total. The van der Waals surface area contributed by atoms with Gasteiger partial charge in [0, 0.05) is 18.7 Å². The Morgan fingerprint density at radius 2 is 1.44 bits per heavy atom. The Bertz CT molecular complexity index is 1190. The third kappa shape index (κ3) is 7.95. The third-order valence-corrected chi connectivity index (χ3v) is 7.01. The predicted molar refractivity (Wildman–Crippen MR) is 156 cm³/mol. The van der Waals surface area contributed by atoms with Gasteiger partial charge in [0.1, 0.15) is 5.72 Å². The molecule has 1 heterocycles. The molecule has 0 bridgehead atoms. The quantitative estimate of drug-likeness (QED) is 0.226. The molecule has 4 rings (SSSR count). The first-order valence-electron chi connectivity index (χ1n) is 13.7. The van der Waals surface area contributed by atoms with Crippen molar-refractivity contribution in [2.75, 3.05) is 13.2 Å². The minimum atomic E-state index is -0.688. The summed E-state index contributed by atoms with van der Waals surface area (Å²) in [6.45, 7) is 10.2. The molecular weight excluding hydrogens is 484 g/mol. The Hall–Kier alpha value is -3.59. The van der Waals surface area contributed by atoms with Crippen molar-refractivity contribution in [3.8, 4) is 11.8 Å². The SMILES string of the molecule is CC1(C)COC(C)(C)N1C(=O)OCCC[C@@H](C#Cc1ccccc1)N(Cc1ccccc1)Cc1ccccc1. The molecule has 204 valence electrons. The smallest absolute Gasteiger partial charge is 0.412 e. The molecule has 5 nitrogen and oxygen atoms in total. The van der Waals surface area contributed by atoms with Crippen molar-refractivity contribution < 1.29 is 14.3 Å². The largest absolute Gasteiger partial charge is 0.449 e. The van der Waals surface area contributed by atoms with Crippen LogP contribution in [0.15, 0.2) is 91.0 Å². The van der Waals surface area contributed by atoms with Crippen LogP contribution in [0, 0.1) is 11.8 Å². The summed E-state index contributed by atoms with van der Waals surface area (Å²) >= 11 is 0. The Labute approximate surface area is 233 Å². The maximum atomic E-state index is 13.0. The Balaban J connectivity index is 1.50. The molecule has 0 radical (unpaired) electrons. The van der Waals surface area contributed by atoms with E-state index in [1.807, 2.05) is 70.2 Å². The summed E-state index contributed by atoms with van der Waals surface area (Å²) in [4.78, 5) is 17.2.